The highest BCUT2D eigenvalue weighted by Crippen LogP contribution is 2.22. The Morgan fingerprint density at radius 2 is 2.24 bits per heavy atom. The first-order chi connectivity index (χ1) is 7.92. The van der Waals surface area contributed by atoms with E-state index in [-0.39, 0.29) is 5.69 Å². The van der Waals surface area contributed by atoms with Crippen molar-refractivity contribution >= 4 is 12.0 Å². The van der Waals surface area contributed by atoms with Gasteiger partial charge in [0.2, 0.25) is 5.89 Å². The van der Waals surface area contributed by atoms with Crippen LogP contribution in [0.15, 0.2) is 10.7 Å². The van der Waals surface area contributed by atoms with Crippen molar-refractivity contribution in [1.82, 2.24) is 15.6 Å². The third-order valence-electron chi connectivity index (χ3n) is 2.69. The molecule has 2 amide bonds. The zero-order chi connectivity index (χ0) is 13.1. The highest BCUT2D eigenvalue weighted by Gasteiger charge is 2.29. The number of carbonyl (C=O) groups excluding carboxylic acids is 1. The lowest BCUT2D eigenvalue weighted by Crippen LogP contribution is -2.36. The number of imide groups is 1. The lowest BCUT2D eigenvalue weighted by atomic mass is 9.99. The van der Waals surface area contributed by atoms with Crippen molar-refractivity contribution in [1.29, 1.82) is 0 Å². The molecule has 17 heavy (non-hydrogen) atoms. The first-order valence-corrected chi connectivity index (χ1v) is 5.12. The largest absolute Gasteiger partial charge is 0.465 e. The Hall–Kier alpha value is -1.89. The molecule has 1 rings (SSSR count). The molecule has 0 spiro atoms. The quantitative estimate of drug-likeness (QED) is 0.724. The summed E-state index contributed by atoms with van der Waals surface area (Å²) >= 11 is 0. The van der Waals surface area contributed by atoms with Gasteiger partial charge in [-0.1, -0.05) is 6.92 Å². The van der Waals surface area contributed by atoms with Gasteiger partial charge < -0.3 is 14.8 Å². The fourth-order valence-corrected chi connectivity index (χ4v) is 1.23. The zero-order valence-corrected chi connectivity index (χ0v) is 9.90. The number of amides is 2. The third kappa shape index (κ3) is 2.82. The number of carboxylic acid groups (broad SMARTS) is 1. The zero-order valence-electron chi connectivity index (χ0n) is 9.90. The molecular weight excluding hydrogens is 226 g/mol. The Morgan fingerprint density at radius 1 is 1.59 bits per heavy atom. The normalized spacial score (nSPS) is 14.1. The molecule has 0 saturated heterocycles. The maximum atomic E-state index is 11.3. The lowest BCUT2D eigenvalue weighted by Gasteiger charge is -2.23. The van der Waals surface area contributed by atoms with Gasteiger partial charge in [-0.2, -0.15) is 0 Å². The Bertz CT molecular complexity index is 423. The number of oxazole rings is 1. The summed E-state index contributed by atoms with van der Waals surface area (Å²) in [6.07, 6.45) is 0.425. The van der Waals surface area contributed by atoms with Gasteiger partial charge in [0.15, 0.2) is 5.69 Å². The SMILES string of the molecule is CCC(C)(NC)c1nc(C(=O)NC(=O)O)co1. The minimum Gasteiger partial charge on any atom is -0.465 e. The van der Waals surface area contributed by atoms with Crippen LogP contribution < -0.4 is 10.6 Å². The van der Waals surface area contributed by atoms with Crippen molar-refractivity contribution < 1.29 is 19.1 Å². The minimum absolute atomic E-state index is 0.0580. The molecule has 7 heteroatoms. The predicted molar refractivity (Wildman–Crippen MR) is 58.7 cm³/mol. The van der Waals surface area contributed by atoms with Gasteiger partial charge >= 0.3 is 6.09 Å². The van der Waals surface area contributed by atoms with E-state index in [1.54, 1.807) is 12.4 Å². The van der Waals surface area contributed by atoms with Crippen LogP contribution in [0, 0.1) is 0 Å². The smallest absolute Gasteiger partial charge is 0.411 e. The molecule has 0 aliphatic heterocycles. The van der Waals surface area contributed by atoms with Crippen LogP contribution >= 0.6 is 0 Å². The molecule has 1 heterocycles. The molecule has 0 saturated carbocycles. The predicted octanol–water partition coefficient (Wildman–Crippen LogP) is 0.927. The van der Waals surface area contributed by atoms with Gasteiger partial charge in [-0.3, -0.25) is 10.1 Å². The van der Waals surface area contributed by atoms with E-state index >= 15 is 0 Å². The summed E-state index contributed by atoms with van der Waals surface area (Å²) in [7, 11) is 1.75. The molecule has 1 unspecified atom stereocenters. The van der Waals surface area contributed by atoms with Crippen LogP contribution in [0.4, 0.5) is 4.79 Å². The van der Waals surface area contributed by atoms with Crippen LogP contribution in [0.1, 0.15) is 36.6 Å². The van der Waals surface area contributed by atoms with Crippen LogP contribution in [0.5, 0.6) is 0 Å². The molecule has 0 aliphatic rings. The second-order valence-electron chi connectivity index (χ2n) is 3.73. The van der Waals surface area contributed by atoms with Crippen LogP contribution in [0.2, 0.25) is 0 Å². The highest BCUT2D eigenvalue weighted by atomic mass is 16.4. The van der Waals surface area contributed by atoms with Crippen molar-refractivity contribution in [3.05, 3.63) is 17.8 Å². The van der Waals surface area contributed by atoms with Crippen molar-refractivity contribution in [3.63, 3.8) is 0 Å². The Balaban J connectivity index is 2.91. The van der Waals surface area contributed by atoms with Crippen molar-refractivity contribution in [2.24, 2.45) is 0 Å². The molecule has 7 nitrogen and oxygen atoms in total. The van der Waals surface area contributed by atoms with Gasteiger partial charge in [-0.15, -0.1) is 0 Å². The summed E-state index contributed by atoms with van der Waals surface area (Å²) < 4.78 is 5.19. The number of carbonyl (C=O) groups is 2. The van der Waals surface area contributed by atoms with E-state index in [0.717, 1.165) is 6.26 Å². The fourth-order valence-electron chi connectivity index (χ4n) is 1.23. The monoisotopic (exact) mass is 241 g/mol. The number of hydrogen-bond donors (Lipinski definition) is 3. The average molecular weight is 241 g/mol. The first kappa shape index (κ1) is 13.2. The molecule has 1 atom stereocenters. The number of aromatic nitrogens is 1. The second kappa shape index (κ2) is 4.96. The summed E-state index contributed by atoms with van der Waals surface area (Å²) in [5.74, 6) is -0.458. The van der Waals surface area contributed by atoms with E-state index in [9.17, 15) is 9.59 Å². The molecule has 3 N–H and O–H groups in total. The van der Waals surface area contributed by atoms with Crippen LogP contribution in [0.25, 0.3) is 0 Å². The minimum atomic E-state index is -1.42. The highest BCUT2D eigenvalue weighted by molar-refractivity contribution is 6.00. The molecule has 0 aliphatic carbocycles. The molecule has 0 radical (unpaired) electrons. The van der Waals surface area contributed by atoms with Crippen LogP contribution in [-0.4, -0.2) is 29.1 Å². The number of hydrogen-bond acceptors (Lipinski definition) is 5. The standard InChI is InChI=1S/C10H15N3O4/c1-4-10(2,11-3)8-12-6(5-17-8)7(14)13-9(15)16/h5,11H,4H2,1-3H3,(H,13,14)(H,15,16). The molecule has 1 aromatic heterocycles. The van der Waals surface area contributed by atoms with Crippen LogP contribution in [-0.2, 0) is 5.54 Å². The third-order valence-corrected chi connectivity index (χ3v) is 2.69. The van der Waals surface area contributed by atoms with Gasteiger partial charge in [-0.05, 0) is 20.4 Å². The number of rotatable bonds is 4. The van der Waals surface area contributed by atoms with E-state index in [4.69, 9.17) is 9.52 Å². The van der Waals surface area contributed by atoms with E-state index in [0.29, 0.717) is 12.3 Å². The Morgan fingerprint density at radius 3 is 2.71 bits per heavy atom. The van der Waals surface area contributed by atoms with Crippen molar-refractivity contribution in [2.75, 3.05) is 7.05 Å². The number of nitrogens with zero attached hydrogens (tertiary/aromatic N) is 1. The summed E-state index contributed by atoms with van der Waals surface area (Å²) in [6, 6.07) is 0. The van der Waals surface area contributed by atoms with E-state index in [2.05, 4.69) is 10.3 Å². The lowest BCUT2D eigenvalue weighted by molar-refractivity contribution is 0.0943. The van der Waals surface area contributed by atoms with E-state index < -0.39 is 17.5 Å². The van der Waals surface area contributed by atoms with Gasteiger partial charge in [0.1, 0.15) is 6.26 Å². The average Bonchev–Trinajstić information content (AvgIpc) is 2.77. The Kier molecular flexibility index (Phi) is 3.84. The van der Waals surface area contributed by atoms with Gasteiger partial charge in [-0.25, -0.2) is 9.78 Å². The second-order valence-corrected chi connectivity index (χ2v) is 3.73. The van der Waals surface area contributed by atoms with Gasteiger partial charge in [0.25, 0.3) is 5.91 Å². The molecular formula is C10H15N3O4. The molecule has 0 aromatic carbocycles. The molecule has 1 aromatic rings. The maximum absolute atomic E-state index is 11.3. The van der Waals surface area contributed by atoms with Crippen molar-refractivity contribution in [2.45, 2.75) is 25.8 Å². The van der Waals surface area contributed by atoms with E-state index in [1.165, 1.54) is 0 Å². The number of nitrogens with one attached hydrogen (secondary N) is 2. The molecule has 0 bridgehead atoms. The maximum Gasteiger partial charge on any atom is 0.411 e. The van der Waals surface area contributed by atoms with Crippen LogP contribution in [0.3, 0.4) is 0 Å². The summed E-state index contributed by atoms with van der Waals surface area (Å²) in [5.41, 5.74) is -0.542. The first-order valence-electron chi connectivity index (χ1n) is 5.12. The molecule has 94 valence electrons. The molecule has 0 fully saturated rings. The van der Waals surface area contributed by atoms with E-state index in [1.807, 2.05) is 13.8 Å². The Labute approximate surface area is 98.2 Å². The van der Waals surface area contributed by atoms with Gasteiger partial charge in [0.05, 0.1) is 5.54 Å². The van der Waals surface area contributed by atoms with Crippen molar-refractivity contribution in [3.8, 4) is 0 Å². The summed E-state index contributed by atoms with van der Waals surface area (Å²) in [5, 5.41) is 13.1. The summed E-state index contributed by atoms with van der Waals surface area (Å²) in [4.78, 5) is 25.6. The fraction of sp³-hybridized carbons (Fsp3) is 0.500. The topological polar surface area (TPSA) is 104 Å². The summed E-state index contributed by atoms with van der Waals surface area (Å²) in [6.45, 7) is 3.81. The van der Waals surface area contributed by atoms with Gasteiger partial charge in [0, 0.05) is 0 Å².